The lowest BCUT2D eigenvalue weighted by atomic mass is 10.7. The van der Waals surface area contributed by atoms with Gasteiger partial charge in [-0.2, -0.15) is 0 Å². The molecule has 0 aliphatic carbocycles. The third-order valence-electron chi connectivity index (χ3n) is 0.538. The Hall–Kier alpha value is 0.780. The number of ether oxygens (including phenoxy) is 1. The predicted molar refractivity (Wildman–Crippen MR) is 38.5 cm³/mol. The lowest BCUT2D eigenvalue weighted by Gasteiger charge is -2.09. The molecule has 9 heavy (non-hydrogen) atoms. The maximum absolute atomic E-state index is 11.6. The van der Waals surface area contributed by atoms with Crippen molar-refractivity contribution >= 4 is 31.9 Å². The highest BCUT2D eigenvalue weighted by atomic mass is 79.9. The van der Waals surface area contributed by atoms with Gasteiger partial charge in [0.1, 0.15) is 23.4 Å². The number of hydrogen-bond donors (Lipinski definition) is 0. The van der Waals surface area contributed by atoms with Crippen LogP contribution < -0.4 is 0 Å². The van der Waals surface area contributed by atoms with Gasteiger partial charge in [0.25, 0.3) is 0 Å². The molecular formula is C4H6Br2F2O. The molecule has 0 saturated carbocycles. The zero-order valence-electron chi connectivity index (χ0n) is 4.49. The van der Waals surface area contributed by atoms with Crippen LogP contribution in [0, 0.1) is 0 Å². The first-order valence-electron chi connectivity index (χ1n) is 2.26. The van der Waals surface area contributed by atoms with Gasteiger partial charge >= 0.3 is 0 Å². The first kappa shape index (κ1) is 9.78. The van der Waals surface area contributed by atoms with Crippen LogP contribution in [0.25, 0.3) is 0 Å². The Kier molecular flexibility index (Phi) is 6.04. The van der Waals surface area contributed by atoms with Crippen LogP contribution in [0.3, 0.4) is 0 Å². The number of rotatable bonds is 4. The van der Waals surface area contributed by atoms with Gasteiger partial charge in [-0.25, -0.2) is 8.78 Å². The van der Waals surface area contributed by atoms with E-state index in [0.717, 1.165) is 0 Å². The maximum atomic E-state index is 11.6. The summed E-state index contributed by atoms with van der Waals surface area (Å²) >= 11 is 5.65. The Labute approximate surface area is 69.0 Å². The van der Waals surface area contributed by atoms with Crippen molar-refractivity contribution in [3.63, 3.8) is 0 Å². The first-order valence-corrected chi connectivity index (χ1v) is 4.09. The number of alkyl halides is 4. The Morgan fingerprint density at radius 1 is 1.11 bits per heavy atom. The first-order chi connectivity index (χ1) is 4.20. The van der Waals surface area contributed by atoms with Crippen molar-refractivity contribution in [2.24, 2.45) is 0 Å². The molecule has 0 fully saturated rings. The third kappa shape index (κ3) is 5.24. The summed E-state index contributed by atoms with van der Waals surface area (Å²) in [6.45, 7) is -1.33. The summed E-state index contributed by atoms with van der Waals surface area (Å²) in [5.74, 6) is 0. The Morgan fingerprint density at radius 2 is 1.44 bits per heavy atom. The second kappa shape index (κ2) is 5.56. The highest BCUT2D eigenvalue weighted by Crippen LogP contribution is 2.11. The normalized spacial score (nSPS) is 17.3. The highest BCUT2D eigenvalue weighted by Gasteiger charge is 2.09. The van der Waals surface area contributed by atoms with E-state index in [1.807, 2.05) is 0 Å². The van der Waals surface area contributed by atoms with Crippen LogP contribution in [0.5, 0.6) is 0 Å². The summed E-state index contributed by atoms with van der Waals surface area (Å²) in [6, 6.07) is 0. The Bertz CT molecular complexity index is 65.6. The Morgan fingerprint density at radius 3 is 1.67 bits per heavy atom. The van der Waals surface area contributed by atoms with E-state index in [0.29, 0.717) is 0 Å². The summed E-state index contributed by atoms with van der Waals surface area (Å²) in [7, 11) is 0. The van der Waals surface area contributed by atoms with Crippen LogP contribution in [-0.2, 0) is 4.74 Å². The van der Waals surface area contributed by atoms with Gasteiger partial charge in [-0.05, 0) is 0 Å². The van der Waals surface area contributed by atoms with E-state index in [-0.39, 0.29) is 0 Å². The van der Waals surface area contributed by atoms with Gasteiger partial charge in [-0.3, -0.25) is 0 Å². The van der Waals surface area contributed by atoms with E-state index in [4.69, 9.17) is 0 Å². The molecule has 0 rings (SSSR count). The summed E-state index contributed by atoms with van der Waals surface area (Å²) in [5.41, 5.74) is 0. The molecule has 0 radical (unpaired) electrons. The van der Waals surface area contributed by atoms with Gasteiger partial charge in [0.2, 0.25) is 0 Å². The molecule has 0 heterocycles. The molecule has 0 aromatic rings. The van der Waals surface area contributed by atoms with Crippen LogP contribution in [-0.4, -0.2) is 23.4 Å². The van der Waals surface area contributed by atoms with E-state index >= 15 is 0 Å². The van der Waals surface area contributed by atoms with Crippen LogP contribution in [0.2, 0.25) is 0 Å². The van der Waals surface area contributed by atoms with Crippen LogP contribution >= 0.6 is 31.9 Å². The van der Waals surface area contributed by atoms with E-state index in [9.17, 15) is 8.78 Å². The number of halogens is 4. The minimum atomic E-state index is -0.711. The van der Waals surface area contributed by atoms with Crippen LogP contribution in [0.1, 0.15) is 0 Å². The van der Waals surface area contributed by atoms with E-state index in [2.05, 4.69) is 36.6 Å². The number of hydrogen-bond acceptors (Lipinski definition) is 1. The fourth-order valence-corrected chi connectivity index (χ4v) is 1.04. The summed E-state index contributed by atoms with van der Waals surface area (Å²) < 4.78 is 27.8. The third-order valence-corrected chi connectivity index (χ3v) is 1.46. The average Bonchev–Trinajstić information content (AvgIpc) is 1.87. The average molecular weight is 268 g/mol. The predicted octanol–water partition coefficient (Wildman–Crippen LogP) is 2.38. The van der Waals surface area contributed by atoms with Crippen molar-refractivity contribution in [3.8, 4) is 0 Å². The minimum Gasteiger partial charge on any atom is -0.347 e. The maximum Gasteiger partial charge on any atom is 0.142 e. The SMILES string of the molecule is FCC(Br)OC(Br)CF. The quantitative estimate of drug-likeness (QED) is 0.711. The van der Waals surface area contributed by atoms with Crippen molar-refractivity contribution < 1.29 is 13.5 Å². The fourth-order valence-electron chi connectivity index (χ4n) is 0.233. The molecular weight excluding hydrogens is 262 g/mol. The highest BCUT2D eigenvalue weighted by molar-refractivity contribution is 9.10. The minimum absolute atomic E-state index is 0.665. The molecule has 0 spiro atoms. The largest absolute Gasteiger partial charge is 0.347 e. The molecule has 1 nitrogen and oxygen atoms in total. The topological polar surface area (TPSA) is 9.23 Å². The molecule has 0 bridgehead atoms. The van der Waals surface area contributed by atoms with Crippen molar-refractivity contribution in [3.05, 3.63) is 0 Å². The molecule has 0 aromatic heterocycles. The monoisotopic (exact) mass is 266 g/mol. The lowest BCUT2D eigenvalue weighted by Crippen LogP contribution is -2.14. The van der Waals surface area contributed by atoms with Gasteiger partial charge in [0.05, 0.1) is 0 Å². The van der Waals surface area contributed by atoms with Gasteiger partial charge in [0.15, 0.2) is 0 Å². The molecule has 5 heteroatoms. The van der Waals surface area contributed by atoms with Crippen molar-refractivity contribution in [2.75, 3.05) is 13.3 Å². The van der Waals surface area contributed by atoms with Crippen molar-refractivity contribution in [2.45, 2.75) is 10.0 Å². The van der Waals surface area contributed by atoms with Crippen LogP contribution in [0.4, 0.5) is 8.78 Å². The van der Waals surface area contributed by atoms with Crippen LogP contribution in [0.15, 0.2) is 0 Å². The molecule has 2 atom stereocenters. The standard InChI is InChI=1S/C4H6Br2F2O/c5-3(1-7)9-4(6)2-8/h3-4H,1-2H2. The van der Waals surface area contributed by atoms with Gasteiger partial charge in [0, 0.05) is 0 Å². The molecule has 56 valence electrons. The van der Waals surface area contributed by atoms with E-state index in [1.54, 1.807) is 0 Å². The fraction of sp³-hybridized carbons (Fsp3) is 1.00. The Balaban J connectivity index is 3.22. The summed E-state index contributed by atoms with van der Waals surface area (Å²) in [6.07, 6.45) is 0. The van der Waals surface area contributed by atoms with Crippen molar-refractivity contribution in [1.82, 2.24) is 0 Å². The summed E-state index contributed by atoms with van der Waals surface area (Å²) in [5, 5.41) is -1.42. The molecule has 0 aliphatic heterocycles. The van der Waals surface area contributed by atoms with Gasteiger partial charge in [-0.1, -0.05) is 31.9 Å². The zero-order chi connectivity index (χ0) is 7.28. The van der Waals surface area contributed by atoms with Gasteiger partial charge < -0.3 is 4.74 Å². The smallest absolute Gasteiger partial charge is 0.142 e. The molecule has 0 aliphatic rings. The molecule has 0 N–H and O–H groups in total. The second-order valence-electron chi connectivity index (χ2n) is 1.26. The van der Waals surface area contributed by atoms with E-state index < -0.39 is 23.4 Å². The lowest BCUT2D eigenvalue weighted by molar-refractivity contribution is 0.0696. The summed E-state index contributed by atoms with van der Waals surface area (Å²) in [4.78, 5) is 0. The molecule has 0 amide bonds. The molecule has 0 saturated heterocycles. The molecule has 2 unspecified atom stereocenters. The van der Waals surface area contributed by atoms with Gasteiger partial charge in [-0.15, -0.1) is 0 Å². The van der Waals surface area contributed by atoms with E-state index in [1.165, 1.54) is 0 Å². The second-order valence-corrected chi connectivity index (χ2v) is 3.31. The molecule has 0 aromatic carbocycles. The van der Waals surface area contributed by atoms with Crippen molar-refractivity contribution in [1.29, 1.82) is 0 Å². The zero-order valence-corrected chi connectivity index (χ0v) is 7.66.